The summed E-state index contributed by atoms with van der Waals surface area (Å²) in [4.78, 5) is 16.3. The lowest BCUT2D eigenvalue weighted by atomic mass is 10.1. The molecule has 0 saturated carbocycles. The van der Waals surface area contributed by atoms with Gasteiger partial charge in [0.05, 0.1) is 5.56 Å². The van der Waals surface area contributed by atoms with E-state index in [-0.39, 0.29) is 0 Å². The van der Waals surface area contributed by atoms with Crippen LogP contribution in [-0.2, 0) is 0 Å². The minimum absolute atomic E-state index is 0.394. The molecule has 1 amide bonds. The lowest BCUT2D eigenvalue weighted by Gasteiger charge is -2.36. The minimum Gasteiger partial charge on any atom is -0.383 e. The molecule has 25 heavy (non-hydrogen) atoms. The Balaban J connectivity index is 1.45. The second-order valence-corrected chi connectivity index (χ2v) is 6.50. The molecule has 1 fully saturated rings. The molecule has 2 aromatic rings. The molecule has 0 atom stereocenters. The van der Waals surface area contributed by atoms with Crippen LogP contribution in [0.1, 0.15) is 15.9 Å². The number of primary amides is 1. The van der Waals surface area contributed by atoms with Crippen LogP contribution in [0.2, 0.25) is 0 Å². The summed E-state index contributed by atoms with van der Waals surface area (Å²) in [6, 6.07) is 16.1. The maximum Gasteiger partial charge on any atom is 0.250 e. The highest BCUT2D eigenvalue weighted by molar-refractivity contribution is 5.98. The van der Waals surface area contributed by atoms with Gasteiger partial charge in [-0.1, -0.05) is 29.8 Å². The predicted molar refractivity (Wildman–Crippen MR) is 103 cm³/mol. The fourth-order valence-electron chi connectivity index (χ4n) is 3.19. The van der Waals surface area contributed by atoms with Gasteiger partial charge in [-0.05, 0) is 31.2 Å². The zero-order valence-corrected chi connectivity index (χ0v) is 14.7. The molecule has 5 heteroatoms. The van der Waals surface area contributed by atoms with Crippen molar-refractivity contribution >= 4 is 17.3 Å². The largest absolute Gasteiger partial charge is 0.383 e. The molecular weight excluding hydrogens is 312 g/mol. The fourth-order valence-corrected chi connectivity index (χ4v) is 3.19. The Bertz CT molecular complexity index is 706. The Morgan fingerprint density at radius 3 is 2.40 bits per heavy atom. The number of carbonyl (C=O) groups is 1. The first kappa shape index (κ1) is 17.3. The zero-order chi connectivity index (χ0) is 17.6. The summed E-state index contributed by atoms with van der Waals surface area (Å²) in [5.41, 5.74) is 9.38. The van der Waals surface area contributed by atoms with Gasteiger partial charge in [-0.15, -0.1) is 0 Å². The number of anilines is 2. The van der Waals surface area contributed by atoms with Crippen molar-refractivity contribution < 1.29 is 4.79 Å². The fraction of sp³-hybridized carbons (Fsp3) is 0.350. The molecule has 1 heterocycles. The molecule has 3 N–H and O–H groups in total. The van der Waals surface area contributed by atoms with E-state index in [9.17, 15) is 4.79 Å². The molecule has 1 aliphatic rings. The summed E-state index contributed by atoms with van der Waals surface area (Å²) in [7, 11) is 0. The third-order valence-corrected chi connectivity index (χ3v) is 4.71. The van der Waals surface area contributed by atoms with Crippen molar-refractivity contribution in [1.29, 1.82) is 0 Å². The molecular formula is C20H26N4O. The number of nitrogens with zero attached hydrogens (tertiary/aromatic N) is 2. The van der Waals surface area contributed by atoms with Crippen LogP contribution < -0.4 is 16.0 Å². The summed E-state index contributed by atoms with van der Waals surface area (Å²) in [6.45, 7) is 8.05. The van der Waals surface area contributed by atoms with Crippen LogP contribution in [-0.4, -0.2) is 50.1 Å². The van der Waals surface area contributed by atoms with Gasteiger partial charge in [-0.25, -0.2) is 0 Å². The average molecular weight is 338 g/mol. The van der Waals surface area contributed by atoms with Crippen molar-refractivity contribution in [2.75, 3.05) is 49.5 Å². The lowest BCUT2D eigenvalue weighted by molar-refractivity contribution is 0.100. The van der Waals surface area contributed by atoms with Crippen LogP contribution in [0.3, 0.4) is 0 Å². The first-order chi connectivity index (χ1) is 12.1. The minimum atomic E-state index is -0.394. The number of benzene rings is 2. The van der Waals surface area contributed by atoms with E-state index in [4.69, 9.17) is 5.73 Å². The van der Waals surface area contributed by atoms with E-state index in [1.165, 1.54) is 11.3 Å². The standard InChI is InChI=1S/C20H26N4O/c1-16-6-8-17(9-7-16)24-14-12-23(13-15-24)11-10-22-19-5-3-2-4-18(19)20(21)25/h2-9,22H,10-15H2,1H3,(H2,21,25). The van der Waals surface area contributed by atoms with Gasteiger partial charge in [-0.3, -0.25) is 9.69 Å². The molecule has 5 nitrogen and oxygen atoms in total. The van der Waals surface area contributed by atoms with Gasteiger partial charge in [0.15, 0.2) is 0 Å². The van der Waals surface area contributed by atoms with E-state index in [2.05, 4.69) is 46.3 Å². The van der Waals surface area contributed by atoms with Gasteiger partial charge in [0.2, 0.25) is 0 Å². The molecule has 132 valence electrons. The Kier molecular flexibility index (Phi) is 5.56. The summed E-state index contributed by atoms with van der Waals surface area (Å²) in [5.74, 6) is -0.394. The van der Waals surface area contributed by atoms with Crippen LogP contribution in [0.4, 0.5) is 11.4 Å². The Labute approximate surface area is 149 Å². The quantitative estimate of drug-likeness (QED) is 0.849. The monoisotopic (exact) mass is 338 g/mol. The molecule has 0 bridgehead atoms. The second-order valence-electron chi connectivity index (χ2n) is 6.50. The number of amides is 1. The van der Waals surface area contributed by atoms with Crippen LogP contribution in [0.15, 0.2) is 48.5 Å². The van der Waals surface area contributed by atoms with Crippen molar-refractivity contribution in [2.45, 2.75) is 6.92 Å². The van der Waals surface area contributed by atoms with Crippen LogP contribution in [0.5, 0.6) is 0 Å². The Morgan fingerprint density at radius 2 is 1.72 bits per heavy atom. The Hall–Kier alpha value is -2.53. The molecule has 0 spiro atoms. The SMILES string of the molecule is Cc1ccc(N2CCN(CCNc3ccccc3C(N)=O)CC2)cc1. The summed E-state index contributed by atoms with van der Waals surface area (Å²) in [6.07, 6.45) is 0. The zero-order valence-electron chi connectivity index (χ0n) is 14.7. The number of carbonyl (C=O) groups excluding carboxylic acids is 1. The molecule has 0 unspecified atom stereocenters. The highest BCUT2D eigenvalue weighted by Crippen LogP contribution is 2.17. The average Bonchev–Trinajstić information content (AvgIpc) is 2.63. The molecule has 0 radical (unpaired) electrons. The first-order valence-corrected chi connectivity index (χ1v) is 8.80. The van der Waals surface area contributed by atoms with Gasteiger partial charge < -0.3 is 16.0 Å². The van der Waals surface area contributed by atoms with Crippen molar-refractivity contribution in [3.05, 3.63) is 59.7 Å². The molecule has 0 aliphatic carbocycles. The number of hydrogen-bond donors (Lipinski definition) is 2. The maximum absolute atomic E-state index is 11.4. The van der Waals surface area contributed by atoms with E-state index < -0.39 is 5.91 Å². The van der Waals surface area contributed by atoms with E-state index in [1.807, 2.05) is 18.2 Å². The number of hydrogen-bond acceptors (Lipinski definition) is 4. The van der Waals surface area contributed by atoms with Crippen LogP contribution >= 0.6 is 0 Å². The number of para-hydroxylation sites is 1. The number of aryl methyl sites for hydroxylation is 1. The van der Waals surface area contributed by atoms with Crippen molar-refractivity contribution in [3.63, 3.8) is 0 Å². The normalized spacial score (nSPS) is 15.2. The predicted octanol–water partition coefficient (Wildman–Crippen LogP) is 2.33. The third kappa shape index (κ3) is 4.51. The molecule has 1 saturated heterocycles. The van der Waals surface area contributed by atoms with E-state index in [0.717, 1.165) is 45.0 Å². The van der Waals surface area contributed by atoms with E-state index in [0.29, 0.717) is 5.56 Å². The van der Waals surface area contributed by atoms with Gasteiger partial charge in [0, 0.05) is 50.6 Å². The molecule has 1 aliphatic heterocycles. The van der Waals surface area contributed by atoms with Crippen molar-refractivity contribution in [1.82, 2.24) is 4.90 Å². The van der Waals surface area contributed by atoms with E-state index >= 15 is 0 Å². The van der Waals surface area contributed by atoms with Gasteiger partial charge in [-0.2, -0.15) is 0 Å². The van der Waals surface area contributed by atoms with Crippen molar-refractivity contribution in [3.8, 4) is 0 Å². The lowest BCUT2D eigenvalue weighted by Crippen LogP contribution is -2.47. The van der Waals surface area contributed by atoms with Gasteiger partial charge >= 0.3 is 0 Å². The summed E-state index contributed by atoms with van der Waals surface area (Å²) in [5, 5.41) is 3.33. The molecule has 3 rings (SSSR count). The summed E-state index contributed by atoms with van der Waals surface area (Å²) < 4.78 is 0. The van der Waals surface area contributed by atoms with Crippen molar-refractivity contribution in [2.24, 2.45) is 5.73 Å². The van der Waals surface area contributed by atoms with Gasteiger partial charge in [0.1, 0.15) is 0 Å². The van der Waals surface area contributed by atoms with Gasteiger partial charge in [0.25, 0.3) is 5.91 Å². The Morgan fingerprint density at radius 1 is 1.04 bits per heavy atom. The molecule has 2 aromatic carbocycles. The number of rotatable bonds is 6. The van der Waals surface area contributed by atoms with Crippen LogP contribution in [0, 0.1) is 6.92 Å². The maximum atomic E-state index is 11.4. The highest BCUT2D eigenvalue weighted by atomic mass is 16.1. The second kappa shape index (κ2) is 8.03. The number of nitrogens with one attached hydrogen (secondary N) is 1. The highest BCUT2D eigenvalue weighted by Gasteiger charge is 2.17. The number of nitrogens with two attached hydrogens (primary N) is 1. The van der Waals surface area contributed by atoms with E-state index in [1.54, 1.807) is 6.07 Å². The number of piperazine rings is 1. The third-order valence-electron chi connectivity index (χ3n) is 4.71. The van der Waals surface area contributed by atoms with Crippen LogP contribution in [0.25, 0.3) is 0 Å². The summed E-state index contributed by atoms with van der Waals surface area (Å²) >= 11 is 0. The smallest absolute Gasteiger partial charge is 0.250 e. The first-order valence-electron chi connectivity index (χ1n) is 8.80. The molecule has 0 aromatic heterocycles. The topological polar surface area (TPSA) is 61.6 Å².